The lowest BCUT2D eigenvalue weighted by Crippen LogP contribution is -2.21. The molecule has 1 rings (SSSR count). The number of hydrogen-bond donors (Lipinski definition) is 1. The normalized spacial score (nSPS) is 12.8. The van der Waals surface area contributed by atoms with E-state index in [0.717, 1.165) is 28.2 Å². The third-order valence-electron chi connectivity index (χ3n) is 2.67. The van der Waals surface area contributed by atoms with Crippen molar-refractivity contribution in [2.75, 3.05) is 18.6 Å². The molecule has 1 nitrogen and oxygen atoms in total. The molecule has 0 aromatic heterocycles. The standard InChI is InChI=1S/C13H20FNS/c1-5-16-8-12(15-4)13-10(3)6-9(2)7-11(13)14/h6-7,12,15H,5,8H2,1-4H3. The summed E-state index contributed by atoms with van der Waals surface area (Å²) in [4.78, 5) is 0. The molecule has 90 valence electrons. The first kappa shape index (κ1) is 13.5. The molecule has 0 heterocycles. The SMILES string of the molecule is CCSCC(NC)c1c(C)cc(C)cc1F. The molecular formula is C13H20FNS. The van der Waals surface area contributed by atoms with Gasteiger partial charge in [-0.3, -0.25) is 0 Å². The summed E-state index contributed by atoms with van der Waals surface area (Å²) in [6.07, 6.45) is 0. The molecule has 0 bridgehead atoms. The summed E-state index contributed by atoms with van der Waals surface area (Å²) in [6.45, 7) is 6.02. The Hall–Kier alpha value is -0.540. The van der Waals surface area contributed by atoms with E-state index in [1.807, 2.05) is 38.7 Å². The Morgan fingerprint density at radius 3 is 2.56 bits per heavy atom. The Morgan fingerprint density at radius 2 is 2.06 bits per heavy atom. The minimum Gasteiger partial charge on any atom is -0.312 e. The molecule has 0 fully saturated rings. The maximum atomic E-state index is 13.9. The highest BCUT2D eigenvalue weighted by Gasteiger charge is 2.16. The molecule has 3 heteroatoms. The van der Waals surface area contributed by atoms with Crippen molar-refractivity contribution in [2.24, 2.45) is 0 Å². The van der Waals surface area contributed by atoms with Crippen molar-refractivity contribution in [3.8, 4) is 0 Å². The van der Waals surface area contributed by atoms with Gasteiger partial charge in [0, 0.05) is 17.4 Å². The first-order chi connectivity index (χ1) is 7.60. The van der Waals surface area contributed by atoms with Crippen LogP contribution in [-0.2, 0) is 0 Å². The first-order valence-electron chi connectivity index (χ1n) is 5.61. The van der Waals surface area contributed by atoms with Gasteiger partial charge in [0.05, 0.1) is 0 Å². The Labute approximate surface area is 102 Å². The molecule has 16 heavy (non-hydrogen) atoms. The summed E-state index contributed by atoms with van der Waals surface area (Å²) in [5, 5.41) is 3.19. The topological polar surface area (TPSA) is 12.0 Å². The second kappa shape index (κ2) is 6.26. The Bertz CT molecular complexity index is 329. The van der Waals surface area contributed by atoms with Gasteiger partial charge in [0.25, 0.3) is 0 Å². The second-order valence-electron chi connectivity index (χ2n) is 3.98. The smallest absolute Gasteiger partial charge is 0.128 e. The van der Waals surface area contributed by atoms with Gasteiger partial charge >= 0.3 is 0 Å². The highest BCUT2D eigenvalue weighted by Crippen LogP contribution is 2.25. The average Bonchev–Trinajstić information content (AvgIpc) is 2.21. The van der Waals surface area contributed by atoms with Gasteiger partial charge < -0.3 is 5.32 Å². The molecule has 1 atom stereocenters. The van der Waals surface area contributed by atoms with E-state index >= 15 is 0 Å². The van der Waals surface area contributed by atoms with E-state index in [-0.39, 0.29) is 11.9 Å². The summed E-state index contributed by atoms with van der Waals surface area (Å²) in [5.74, 6) is 1.88. The van der Waals surface area contributed by atoms with Crippen molar-refractivity contribution in [1.82, 2.24) is 5.32 Å². The molecule has 0 aliphatic rings. The van der Waals surface area contributed by atoms with Gasteiger partial charge in [-0.1, -0.05) is 13.0 Å². The number of halogens is 1. The summed E-state index contributed by atoms with van der Waals surface area (Å²) in [5.41, 5.74) is 2.83. The number of hydrogen-bond acceptors (Lipinski definition) is 2. The third-order valence-corrected chi connectivity index (χ3v) is 3.64. The van der Waals surface area contributed by atoms with E-state index in [1.165, 1.54) is 0 Å². The van der Waals surface area contributed by atoms with Crippen LogP contribution < -0.4 is 5.32 Å². The van der Waals surface area contributed by atoms with Crippen molar-refractivity contribution in [1.29, 1.82) is 0 Å². The summed E-state index contributed by atoms with van der Waals surface area (Å²) in [6, 6.07) is 3.76. The predicted molar refractivity (Wildman–Crippen MR) is 70.7 cm³/mol. The second-order valence-corrected chi connectivity index (χ2v) is 5.30. The van der Waals surface area contributed by atoms with Crippen LogP contribution in [0.15, 0.2) is 12.1 Å². The molecule has 0 saturated heterocycles. The van der Waals surface area contributed by atoms with Crippen LogP contribution in [0.5, 0.6) is 0 Å². The number of rotatable bonds is 5. The Balaban J connectivity index is 2.99. The Morgan fingerprint density at radius 1 is 1.38 bits per heavy atom. The zero-order chi connectivity index (χ0) is 12.1. The van der Waals surface area contributed by atoms with Crippen LogP contribution in [0.1, 0.15) is 29.7 Å². The molecule has 0 amide bonds. The molecular weight excluding hydrogens is 221 g/mol. The zero-order valence-corrected chi connectivity index (χ0v) is 11.2. The first-order valence-corrected chi connectivity index (χ1v) is 6.77. The van der Waals surface area contributed by atoms with Crippen molar-refractivity contribution in [3.05, 3.63) is 34.6 Å². The lowest BCUT2D eigenvalue weighted by atomic mass is 9.99. The highest BCUT2D eigenvalue weighted by atomic mass is 32.2. The highest BCUT2D eigenvalue weighted by molar-refractivity contribution is 7.99. The number of benzene rings is 1. The maximum Gasteiger partial charge on any atom is 0.128 e. The van der Waals surface area contributed by atoms with Gasteiger partial charge in [-0.15, -0.1) is 0 Å². The monoisotopic (exact) mass is 241 g/mol. The van der Waals surface area contributed by atoms with E-state index in [2.05, 4.69) is 12.2 Å². The van der Waals surface area contributed by atoms with Gasteiger partial charge in [-0.2, -0.15) is 11.8 Å². The average molecular weight is 241 g/mol. The zero-order valence-electron chi connectivity index (χ0n) is 10.4. The minimum absolute atomic E-state index is 0.0893. The molecule has 0 saturated carbocycles. The molecule has 1 unspecified atom stereocenters. The van der Waals surface area contributed by atoms with Gasteiger partial charge in [0.15, 0.2) is 0 Å². The molecule has 0 aliphatic heterocycles. The number of thioether (sulfide) groups is 1. The van der Waals surface area contributed by atoms with Gasteiger partial charge in [0.1, 0.15) is 5.82 Å². The summed E-state index contributed by atoms with van der Waals surface area (Å²) < 4.78 is 13.9. The molecule has 1 aromatic rings. The van der Waals surface area contributed by atoms with Crippen LogP contribution in [0.25, 0.3) is 0 Å². The lowest BCUT2D eigenvalue weighted by molar-refractivity contribution is 0.561. The van der Waals surface area contributed by atoms with E-state index in [0.29, 0.717) is 0 Å². The predicted octanol–water partition coefficient (Wildman–Crippen LogP) is 3.46. The summed E-state index contributed by atoms with van der Waals surface area (Å²) in [7, 11) is 1.89. The largest absolute Gasteiger partial charge is 0.312 e. The van der Waals surface area contributed by atoms with Crippen LogP contribution in [0.2, 0.25) is 0 Å². The Kier molecular flexibility index (Phi) is 5.29. The fraction of sp³-hybridized carbons (Fsp3) is 0.538. The molecule has 0 radical (unpaired) electrons. The molecule has 0 aliphatic carbocycles. The van der Waals surface area contributed by atoms with Crippen molar-refractivity contribution >= 4 is 11.8 Å². The minimum atomic E-state index is -0.0893. The maximum absolute atomic E-state index is 13.9. The van der Waals surface area contributed by atoms with Crippen LogP contribution in [0.3, 0.4) is 0 Å². The van der Waals surface area contributed by atoms with Crippen molar-refractivity contribution in [3.63, 3.8) is 0 Å². The van der Waals surface area contributed by atoms with E-state index in [9.17, 15) is 4.39 Å². The number of aryl methyl sites for hydroxylation is 2. The summed E-state index contributed by atoms with van der Waals surface area (Å²) >= 11 is 1.83. The number of nitrogens with one attached hydrogen (secondary N) is 1. The van der Waals surface area contributed by atoms with Gasteiger partial charge in [0.2, 0.25) is 0 Å². The molecule has 0 spiro atoms. The van der Waals surface area contributed by atoms with Crippen LogP contribution >= 0.6 is 11.8 Å². The fourth-order valence-electron chi connectivity index (χ4n) is 1.91. The van der Waals surface area contributed by atoms with Crippen LogP contribution in [0.4, 0.5) is 4.39 Å². The fourth-order valence-corrected chi connectivity index (χ4v) is 2.72. The molecule has 1 aromatic carbocycles. The van der Waals surface area contributed by atoms with Crippen LogP contribution in [0, 0.1) is 19.7 Å². The van der Waals surface area contributed by atoms with E-state index in [4.69, 9.17) is 0 Å². The van der Waals surface area contributed by atoms with Crippen molar-refractivity contribution < 1.29 is 4.39 Å². The van der Waals surface area contributed by atoms with E-state index in [1.54, 1.807) is 6.07 Å². The van der Waals surface area contributed by atoms with Gasteiger partial charge in [-0.25, -0.2) is 4.39 Å². The van der Waals surface area contributed by atoms with Crippen LogP contribution in [-0.4, -0.2) is 18.6 Å². The quantitative estimate of drug-likeness (QED) is 0.847. The third kappa shape index (κ3) is 3.22. The molecule has 1 N–H and O–H groups in total. The van der Waals surface area contributed by atoms with Gasteiger partial charge in [-0.05, 0) is 43.8 Å². The lowest BCUT2D eigenvalue weighted by Gasteiger charge is -2.19. The van der Waals surface area contributed by atoms with E-state index < -0.39 is 0 Å². The van der Waals surface area contributed by atoms with Crippen molar-refractivity contribution in [2.45, 2.75) is 26.8 Å².